The lowest BCUT2D eigenvalue weighted by atomic mass is 10.1. The highest BCUT2D eigenvalue weighted by Crippen LogP contribution is 2.33. The molecular formula is C14H9N3O7. The van der Waals surface area contributed by atoms with E-state index in [0.29, 0.717) is 11.5 Å². The van der Waals surface area contributed by atoms with Gasteiger partial charge < -0.3 is 14.8 Å². The first kappa shape index (κ1) is 15.2. The number of non-ortho nitro benzene ring substituents is 1. The Morgan fingerprint density at radius 3 is 2.46 bits per heavy atom. The highest BCUT2D eigenvalue weighted by molar-refractivity contribution is 6.05. The van der Waals surface area contributed by atoms with E-state index >= 15 is 0 Å². The molecule has 0 atom stereocenters. The summed E-state index contributed by atoms with van der Waals surface area (Å²) in [6, 6.07) is 7.43. The second kappa shape index (κ2) is 5.83. The third-order valence-electron chi connectivity index (χ3n) is 3.27. The predicted molar refractivity (Wildman–Crippen MR) is 80.3 cm³/mol. The normalized spacial score (nSPS) is 11.8. The van der Waals surface area contributed by atoms with Crippen LogP contribution in [-0.2, 0) is 0 Å². The van der Waals surface area contributed by atoms with Crippen molar-refractivity contribution in [3.8, 4) is 11.5 Å². The van der Waals surface area contributed by atoms with Crippen molar-refractivity contribution in [3.63, 3.8) is 0 Å². The lowest BCUT2D eigenvalue weighted by Gasteiger charge is -2.06. The number of hydrogen-bond acceptors (Lipinski definition) is 7. The van der Waals surface area contributed by atoms with Gasteiger partial charge >= 0.3 is 0 Å². The second-order valence-electron chi connectivity index (χ2n) is 4.74. The van der Waals surface area contributed by atoms with Gasteiger partial charge in [0, 0.05) is 11.6 Å². The third-order valence-corrected chi connectivity index (χ3v) is 3.27. The first-order valence-corrected chi connectivity index (χ1v) is 6.59. The van der Waals surface area contributed by atoms with E-state index in [4.69, 9.17) is 9.47 Å². The number of nitro benzene ring substituents is 2. The zero-order chi connectivity index (χ0) is 17.3. The minimum absolute atomic E-state index is 0.0498. The first-order valence-electron chi connectivity index (χ1n) is 6.59. The molecule has 10 nitrogen and oxygen atoms in total. The quantitative estimate of drug-likeness (QED) is 0.671. The Kier molecular flexibility index (Phi) is 3.70. The van der Waals surface area contributed by atoms with Crippen LogP contribution in [0.5, 0.6) is 11.5 Å². The molecule has 122 valence electrons. The minimum atomic E-state index is -0.803. The molecule has 0 unspecified atom stereocenters. The summed E-state index contributed by atoms with van der Waals surface area (Å²) in [6.07, 6.45) is 0. The van der Waals surface area contributed by atoms with Crippen LogP contribution >= 0.6 is 0 Å². The summed E-state index contributed by atoms with van der Waals surface area (Å²) < 4.78 is 10.3. The molecule has 2 aromatic carbocycles. The number of carbonyl (C=O) groups is 1. The maximum absolute atomic E-state index is 12.2. The van der Waals surface area contributed by atoms with Crippen LogP contribution in [-0.4, -0.2) is 22.5 Å². The molecular weight excluding hydrogens is 322 g/mol. The molecule has 0 bridgehead atoms. The summed E-state index contributed by atoms with van der Waals surface area (Å²) in [7, 11) is 0. The number of nitro groups is 2. The van der Waals surface area contributed by atoms with Crippen LogP contribution in [0.3, 0.4) is 0 Å². The summed E-state index contributed by atoms with van der Waals surface area (Å²) in [4.78, 5) is 32.5. The van der Waals surface area contributed by atoms with E-state index in [1.165, 1.54) is 12.1 Å². The van der Waals surface area contributed by atoms with Gasteiger partial charge in [0.15, 0.2) is 11.5 Å². The molecule has 1 amide bonds. The Balaban J connectivity index is 1.89. The average molecular weight is 331 g/mol. The number of hydrogen-bond donors (Lipinski definition) is 1. The van der Waals surface area contributed by atoms with Gasteiger partial charge in [-0.25, -0.2) is 0 Å². The third kappa shape index (κ3) is 2.79. The number of nitrogens with zero attached hydrogens (tertiary/aromatic N) is 2. The fourth-order valence-electron chi connectivity index (χ4n) is 2.12. The number of rotatable bonds is 4. The van der Waals surface area contributed by atoms with E-state index in [2.05, 4.69) is 5.32 Å². The smallest absolute Gasteiger partial charge is 0.299 e. The molecule has 0 saturated carbocycles. The minimum Gasteiger partial charge on any atom is -0.454 e. The molecule has 0 saturated heterocycles. The topological polar surface area (TPSA) is 134 Å². The van der Waals surface area contributed by atoms with Crippen molar-refractivity contribution in [1.82, 2.24) is 0 Å². The van der Waals surface area contributed by atoms with Gasteiger partial charge in [-0.15, -0.1) is 0 Å². The van der Waals surface area contributed by atoms with Gasteiger partial charge in [-0.05, 0) is 24.3 Å². The van der Waals surface area contributed by atoms with Crippen molar-refractivity contribution in [2.45, 2.75) is 0 Å². The molecule has 0 aromatic heterocycles. The zero-order valence-electron chi connectivity index (χ0n) is 11.9. The van der Waals surface area contributed by atoms with E-state index in [9.17, 15) is 25.0 Å². The van der Waals surface area contributed by atoms with Crippen LogP contribution in [0.2, 0.25) is 0 Å². The van der Waals surface area contributed by atoms with Crippen molar-refractivity contribution in [1.29, 1.82) is 0 Å². The number of nitrogens with one attached hydrogen (secondary N) is 1. The summed E-state index contributed by atoms with van der Waals surface area (Å²) in [5.74, 6) is 0.263. The SMILES string of the molecule is O=C(Nc1ccc([N+](=O)[O-])cc1[N+](=O)[O-])c1ccc2c(c1)OCO2. The van der Waals surface area contributed by atoms with E-state index < -0.39 is 27.1 Å². The number of benzene rings is 2. The fourth-order valence-corrected chi connectivity index (χ4v) is 2.12. The number of carbonyl (C=O) groups excluding carboxylic acids is 1. The second-order valence-corrected chi connectivity index (χ2v) is 4.74. The van der Waals surface area contributed by atoms with Crippen LogP contribution in [0.4, 0.5) is 17.1 Å². The summed E-state index contributed by atoms with van der Waals surface area (Å²) >= 11 is 0. The Morgan fingerprint density at radius 1 is 1.00 bits per heavy atom. The summed E-state index contributed by atoms with van der Waals surface area (Å²) in [5.41, 5.74) is -0.957. The van der Waals surface area contributed by atoms with Crippen molar-refractivity contribution in [2.24, 2.45) is 0 Å². The number of anilines is 1. The van der Waals surface area contributed by atoms with Crippen LogP contribution in [0.1, 0.15) is 10.4 Å². The molecule has 0 spiro atoms. The molecule has 0 radical (unpaired) electrons. The van der Waals surface area contributed by atoms with Gasteiger partial charge in [0.05, 0.1) is 15.9 Å². The largest absolute Gasteiger partial charge is 0.454 e. The first-order chi connectivity index (χ1) is 11.5. The van der Waals surface area contributed by atoms with Crippen molar-refractivity contribution in [2.75, 3.05) is 12.1 Å². The molecule has 1 heterocycles. The van der Waals surface area contributed by atoms with Gasteiger partial charge in [-0.3, -0.25) is 25.0 Å². The Bertz CT molecular complexity index is 865. The van der Waals surface area contributed by atoms with Crippen LogP contribution in [0, 0.1) is 20.2 Å². The lowest BCUT2D eigenvalue weighted by molar-refractivity contribution is -0.393. The molecule has 10 heteroatoms. The van der Waals surface area contributed by atoms with Gasteiger partial charge in [-0.1, -0.05) is 0 Å². The average Bonchev–Trinajstić information content (AvgIpc) is 3.02. The standard InChI is InChI=1S/C14H9N3O7/c18-14(8-1-4-12-13(5-8)24-7-23-12)15-10-3-2-9(16(19)20)6-11(10)17(21)22/h1-6H,7H2,(H,15,18). The van der Waals surface area contributed by atoms with Crippen molar-refractivity contribution >= 4 is 23.0 Å². The zero-order valence-corrected chi connectivity index (χ0v) is 11.9. The monoisotopic (exact) mass is 331 g/mol. The Morgan fingerprint density at radius 2 is 1.75 bits per heavy atom. The molecule has 0 fully saturated rings. The highest BCUT2D eigenvalue weighted by atomic mass is 16.7. The van der Waals surface area contributed by atoms with Crippen LogP contribution < -0.4 is 14.8 Å². The van der Waals surface area contributed by atoms with Gasteiger partial charge in [-0.2, -0.15) is 0 Å². The van der Waals surface area contributed by atoms with E-state index in [0.717, 1.165) is 18.2 Å². The highest BCUT2D eigenvalue weighted by Gasteiger charge is 2.22. The van der Waals surface area contributed by atoms with Crippen LogP contribution in [0.15, 0.2) is 36.4 Å². The molecule has 1 N–H and O–H groups in total. The molecule has 1 aliphatic rings. The summed E-state index contributed by atoms with van der Waals surface area (Å²) in [5, 5.41) is 24.1. The maximum atomic E-state index is 12.2. The summed E-state index contributed by atoms with van der Waals surface area (Å²) in [6.45, 7) is 0.0498. The number of fused-ring (bicyclic) bond motifs is 1. The maximum Gasteiger partial charge on any atom is 0.299 e. The van der Waals surface area contributed by atoms with Crippen molar-refractivity contribution < 1.29 is 24.1 Å². The Labute approximate surface area is 133 Å². The molecule has 2 aromatic rings. The predicted octanol–water partition coefficient (Wildman–Crippen LogP) is 2.48. The number of ether oxygens (including phenoxy) is 2. The van der Waals surface area contributed by atoms with Gasteiger partial charge in [0.2, 0.25) is 6.79 Å². The number of amides is 1. The Hall–Kier alpha value is -3.69. The van der Waals surface area contributed by atoms with Crippen LogP contribution in [0.25, 0.3) is 0 Å². The van der Waals surface area contributed by atoms with E-state index in [1.54, 1.807) is 6.07 Å². The van der Waals surface area contributed by atoms with Crippen molar-refractivity contribution in [3.05, 3.63) is 62.2 Å². The molecule has 24 heavy (non-hydrogen) atoms. The molecule has 1 aliphatic heterocycles. The lowest BCUT2D eigenvalue weighted by Crippen LogP contribution is -2.13. The van der Waals surface area contributed by atoms with E-state index in [-0.39, 0.29) is 18.0 Å². The van der Waals surface area contributed by atoms with E-state index in [1.807, 2.05) is 0 Å². The molecule has 3 rings (SSSR count). The fraction of sp³-hybridized carbons (Fsp3) is 0.0714. The van der Waals surface area contributed by atoms with Gasteiger partial charge in [0.1, 0.15) is 5.69 Å². The molecule has 0 aliphatic carbocycles. The van der Waals surface area contributed by atoms with Gasteiger partial charge in [0.25, 0.3) is 17.3 Å².